The molecule has 6 nitrogen and oxygen atoms in total. The maximum absolute atomic E-state index is 12.3. The number of nitrogens with zero attached hydrogens (tertiary/aromatic N) is 1. The maximum Gasteiger partial charge on any atom is 0.389 e. The van der Waals surface area contributed by atoms with Crippen LogP contribution in [0.3, 0.4) is 0 Å². The van der Waals surface area contributed by atoms with Crippen LogP contribution in [0.15, 0.2) is 23.1 Å². The standard InChI is InChI=1S/C17H25F3N2O4S/c1-22(2)27(25,26)15-12-13(8-9-14(15)16(23)24)21-11-7-5-3-4-6-10-17(18,19)20/h8-9,12,21H,3-7,10-11H2,1-2H3,(H,23,24). The maximum atomic E-state index is 12.3. The number of halogens is 3. The molecule has 1 rings (SSSR count). The van der Waals surface area contributed by atoms with Gasteiger partial charge in [0.15, 0.2) is 0 Å². The Bertz CT molecular complexity index is 734. The van der Waals surface area contributed by atoms with Crippen LogP contribution < -0.4 is 5.32 Å². The molecule has 0 fully saturated rings. The first-order valence-corrected chi connectivity index (χ1v) is 9.99. The second-order valence-corrected chi connectivity index (χ2v) is 8.48. The van der Waals surface area contributed by atoms with Gasteiger partial charge in [-0.25, -0.2) is 17.5 Å². The Morgan fingerprint density at radius 1 is 1.11 bits per heavy atom. The summed E-state index contributed by atoms with van der Waals surface area (Å²) in [4.78, 5) is 11.0. The van der Waals surface area contributed by atoms with Crippen molar-refractivity contribution >= 4 is 21.7 Å². The van der Waals surface area contributed by atoms with E-state index >= 15 is 0 Å². The molecule has 1 aromatic rings. The minimum Gasteiger partial charge on any atom is -0.478 e. The molecule has 154 valence electrons. The highest BCUT2D eigenvalue weighted by atomic mass is 32.2. The van der Waals surface area contributed by atoms with Crippen LogP contribution in [0.25, 0.3) is 0 Å². The van der Waals surface area contributed by atoms with Gasteiger partial charge >= 0.3 is 12.1 Å². The van der Waals surface area contributed by atoms with Crippen LogP contribution in [0.1, 0.15) is 48.9 Å². The number of benzene rings is 1. The van der Waals surface area contributed by atoms with E-state index < -0.39 is 28.6 Å². The predicted molar refractivity (Wildman–Crippen MR) is 96.5 cm³/mol. The smallest absolute Gasteiger partial charge is 0.389 e. The molecule has 1 aromatic carbocycles. The SMILES string of the molecule is CN(C)S(=O)(=O)c1cc(NCCCCCCCC(F)(F)F)ccc1C(=O)O. The average molecular weight is 410 g/mol. The highest BCUT2D eigenvalue weighted by molar-refractivity contribution is 7.89. The molecule has 0 aliphatic carbocycles. The van der Waals surface area contributed by atoms with Crippen molar-refractivity contribution in [1.82, 2.24) is 4.31 Å². The summed E-state index contributed by atoms with van der Waals surface area (Å²) in [6.07, 6.45) is -2.07. The molecule has 2 N–H and O–H groups in total. The van der Waals surface area contributed by atoms with E-state index in [-0.39, 0.29) is 16.9 Å². The Kier molecular flexibility index (Phi) is 8.55. The van der Waals surface area contributed by atoms with Crippen molar-refractivity contribution < 1.29 is 31.5 Å². The number of carboxylic acids is 1. The van der Waals surface area contributed by atoms with Crippen molar-refractivity contribution in [2.24, 2.45) is 0 Å². The number of nitrogens with one attached hydrogen (secondary N) is 1. The first kappa shape index (κ1) is 23.2. The van der Waals surface area contributed by atoms with Crippen LogP contribution >= 0.6 is 0 Å². The molecular weight excluding hydrogens is 385 g/mol. The average Bonchev–Trinajstić information content (AvgIpc) is 2.55. The molecule has 0 aliphatic heterocycles. The van der Waals surface area contributed by atoms with Gasteiger partial charge in [0.1, 0.15) is 0 Å². The zero-order valence-corrected chi connectivity index (χ0v) is 16.2. The van der Waals surface area contributed by atoms with E-state index in [0.29, 0.717) is 31.5 Å². The fourth-order valence-electron chi connectivity index (χ4n) is 2.43. The number of carboxylic acid groups (broad SMARTS) is 1. The number of hydrogen-bond acceptors (Lipinski definition) is 4. The van der Waals surface area contributed by atoms with E-state index in [0.717, 1.165) is 10.7 Å². The molecular formula is C17H25F3N2O4S. The summed E-state index contributed by atoms with van der Waals surface area (Å²) in [5.41, 5.74) is 0.163. The lowest BCUT2D eigenvalue weighted by Gasteiger charge is -2.15. The molecule has 0 radical (unpaired) electrons. The van der Waals surface area contributed by atoms with Crippen molar-refractivity contribution in [3.8, 4) is 0 Å². The summed E-state index contributed by atoms with van der Waals surface area (Å²) in [6.45, 7) is 0.507. The number of carbonyl (C=O) groups is 1. The van der Waals surface area contributed by atoms with E-state index in [1.54, 1.807) is 0 Å². The summed E-state index contributed by atoms with van der Waals surface area (Å²) in [5, 5.41) is 12.2. The highest BCUT2D eigenvalue weighted by Gasteiger charge is 2.26. The van der Waals surface area contributed by atoms with Gasteiger partial charge in [0, 0.05) is 32.7 Å². The number of hydrogen-bond donors (Lipinski definition) is 2. The summed E-state index contributed by atoms with van der Waals surface area (Å²) < 4.78 is 61.6. The van der Waals surface area contributed by atoms with Gasteiger partial charge in [-0.05, 0) is 31.0 Å². The lowest BCUT2D eigenvalue weighted by molar-refractivity contribution is -0.135. The number of rotatable bonds is 11. The second-order valence-electron chi connectivity index (χ2n) is 6.36. The molecule has 0 spiro atoms. The summed E-state index contributed by atoms with van der Waals surface area (Å²) in [7, 11) is -1.27. The Morgan fingerprint density at radius 3 is 2.26 bits per heavy atom. The van der Waals surface area contributed by atoms with Crippen molar-refractivity contribution in [3.05, 3.63) is 23.8 Å². The number of anilines is 1. The third-order valence-corrected chi connectivity index (χ3v) is 5.79. The van der Waals surface area contributed by atoms with Gasteiger partial charge in [-0.2, -0.15) is 13.2 Å². The van der Waals surface area contributed by atoms with Crippen LogP contribution in [0.5, 0.6) is 0 Å². The normalized spacial score (nSPS) is 12.4. The van der Waals surface area contributed by atoms with Gasteiger partial charge in [-0.1, -0.05) is 19.3 Å². The molecule has 0 aliphatic rings. The molecule has 0 saturated carbocycles. The van der Waals surface area contributed by atoms with E-state index in [1.165, 1.54) is 32.3 Å². The van der Waals surface area contributed by atoms with Crippen molar-refractivity contribution in [1.29, 1.82) is 0 Å². The monoisotopic (exact) mass is 410 g/mol. The third kappa shape index (κ3) is 7.76. The molecule has 0 atom stereocenters. The highest BCUT2D eigenvalue weighted by Crippen LogP contribution is 2.24. The molecule has 0 unspecified atom stereocenters. The molecule has 0 aromatic heterocycles. The van der Waals surface area contributed by atoms with Gasteiger partial charge < -0.3 is 10.4 Å². The minimum atomic E-state index is -4.10. The number of aromatic carboxylic acids is 1. The van der Waals surface area contributed by atoms with Crippen molar-refractivity contribution in [2.75, 3.05) is 26.0 Å². The second kappa shape index (κ2) is 9.93. The van der Waals surface area contributed by atoms with Crippen LogP contribution in [0.2, 0.25) is 0 Å². The Labute approximate surface area is 157 Å². The largest absolute Gasteiger partial charge is 0.478 e. The summed E-state index contributed by atoms with van der Waals surface area (Å²) in [5.74, 6) is -1.33. The summed E-state index contributed by atoms with van der Waals surface area (Å²) >= 11 is 0. The first-order chi connectivity index (χ1) is 12.4. The minimum absolute atomic E-state index is 0.124. The molecule has 0 bridgehead atoms. The molecule has 0 heterocycles. The van der Waals surface area contributed by atoms with Crippen LogP contribution in [0, 0.1) is 0 Å². The van der Waals surface area contributed by atoms with Crippen LogP contribution in [0.4, 0.5) is 18.9 Å². The van der Waals surface area contributed by atoms with E-state index in [2.05, 4.69) is 5.32 Å². The van der Waals surface area contributed by atoms with Gasteiger partial charge in [-0.15, -0.1) is 0 Å². The zero-order chi connectivity index (χ0) is 20.7. The van der Waals surface area contributed by atoms with Gasteiger partial charge in [0.25, 0.3) is 0 Å². The van der Waals surface area contributed by atoms with Crippen molar-refractivity contribution in [3.63, 3.8) is 0 Å². The Hall–Kier alpha value is -1.81. The molecule has 0 saturated heterocycles. The number of alkyl halides is 3. The van der Waals surface area contributed by atoms with Crippen molar-refractivity contribution in [2.45, 2.75) is 49.6 Å². The Morgan fingerprint density at radius 2 is 1.70 bits per heavy atom. The topological polar surface area (TPSA) is 86.7 Å². The van der Waals surface area contributed by atoms with E-state index in [4.69, 9.17) is 0 Å². The number of unbranched alkanes of at least 4 members (excludes halogenated alkanes) is 4. The van der Waals surface area contributed by atoms with E-state index in [9.17, 15) is 31.5 Å². The lowest BCUT2D eigenvalue weighted by Crippen LogP contribution is -2.24. The van der Waals surface area contributed by atoms with E-state index in [1.807, 2.05) is 0 Å². The van der Waals surface area contributed by atoms with Gasteiger partial charge in [-0.3, -0.25) is 0 Å². The lowest BCUT2D eigenvalue weighted by atomic mass is 10.1. The fourth-order valence-corrected chi connectivity index (χ4v) is 3.54. The Balaban J connectivity index is 2.56. The van der Waals surface area contributed by atoms with Gasteiger partial charge in [0.2, 0.25) is 10.0 Å². The molecule has 27 heavy (non-hydrogen) atoms. The zero-order valence-electron chi connectivity index (χ0n) is 15.3. The molecule has 0 amide bonds. The first-order valence-electron chi connectivity index (χ1n) is 8.55. The summed E-state index contributed by atoms with van der Waals surface area (Å²) in [6, 6.07) is 4.00. The van der Waals surface area contributed by atoms with Crippen LogP contribution in [-0.2, 0) is 10.0 Å². The van der Waals surface area contributed by atoms with Gasteiger partial charge in [0.05, 0.1) is 10.5 Å². The predicted octanol–water partition coefficient (Wildman–Crippen LogP) is 3.95. The third-order valence-electron chi connectivity index (χ3n) is 3.94. The van der Waals surface area contributed by atoms with Crippen LogP contribution in [-0.4, -0.2) is 50.6 Å². The quantitative estimate of drug-likeness (QED) is 0.540. The fraction of sp³-hybridized carbons (Fsp3) is 0.588. The number of sulfonamides is 1. The molecule has 10 heteroatoms.